The first kappa shape index (κ1) is 20.2. The molecule has 0 bridgehead atoms. The Kier molecular flexibility index (Phi) is 9.95. The fourth-order valence-electron chi connectivity index (χ4n) is 1.45. The van der Waals surface area contributed by atoms with Crippen LogP contribution in [0.4, 0.5) is 0 Å². The van der Waals surface area contributed by atoms with Crippen LogP contribution in [-0.2, 0) is 27.5 Å². The fourth-order valence-corrected chi connectivity index (χ4v) is 6.37. The Morgan fingerprint density at radius 1 is 1.18 bits per heavy atom. The van der Waals surface area contributed by atoms with Crippen LogP contribution in [-0.4, -0.2) is 35.2 Å². The molecule has 0 fully saturated rings. The van der Waals surface area contributed by atoms with E-state index < -0.39 is 5.69 Å². The van der Waals surface area contributed by atoms with Crippen molar-refractivity contribution in [3.63, 3.8) is 0 Å². The number of rotatable bonds is 11. The van der Waals surface area contributed by atoms with Crippen molar-refractivity contribution in [1.29, 1.82) is 0 Å². The molecule has 9 heteroatoms. The molecule has 1 atom stereocenters. The van der Waals surface area contributed by atoms with Gasteiger partial charge in [-0.05, 0) is 38.3 Å². The molecule has 0 aromatic carbocycles. The highest BCUT2D eigenvalue weighted by atomic mass is 32.9. The summed E-state index contributed by atoms with van der Waals surface area (Å²) >= 11 is 8.62. The summed E-state index contributed by atoms with van der Waals surface area (Å²) in [6.07, 6.45) is 2.97. The normalized spacial score (nSPS) is 13.8. The lowest BCUT2D eigenvalue weighted by molar-refractivity contribution is 0.256. The minimum absolute atomic E-state index is 0.310. The second-order valence-corrected chi connectivity index (χ2v) is 11.3. The zero-order valence-corrected chi connectivity index (χ0v) is 16.7. The average molecular weight is 383 g/mol. The van der Waals surface area contributed by atoms with Crippen LogP contribution >= 0.6 is 28.8 Å². The minimum Gasteiger partial charge on any atom is -0.478 e. The highest BCUT2D eigenvalue weighted by molar-refractivity contribution is 8.67. The van der Waals surface area contributed by atoms with Crippen LogP contribution in [0.3, 0.4) is 0 Å². The molecule has 0 radical (unpaired) electrons. The van der Waals surface area contributed by atoms with Gasteiger partial charge in [0.15, 0.2) is 5.16 Å². The summed E-state index contributed by atoms with van der Waals surface area (Å²) in [5.41, 5.74) is -1.56. The minimum atomic E-state index is -2.31. The molecule has 1 aromatic rings. The van der Waals surface area contributed by atoms with Gasteiger partial charge in [-0.2, -0.15) is 4.98 Å². The first-order chi connectivity index (χ1) is 10.6. The number of ether oxygens (including phenoxy) is 1. The van der Waals surface area contributed by atoms with Crippen molar-refractivity contribution in [2.24, 2.45) is 0 Å². The predicted octanol–water partition coefficient (Wildman–Crippen LogP) is 4.52. The molecule has 1 heterocycles. The zero-order valence-electron chi connectivity index (χ0n) is 13.4. The Labute approximate surface area is 146 Å². The maximum Gasteiger partial charge on any atom is 0.247 e. The number of nitrogens with zero attached hydrogens (tertiary/aromatic N) is 2. The molecule has 0 spiro atoms. The van der Waals surface area contributed by atoms with Gasteiger partial charge in [0.1, 0.15) is 0 Å². The SMILES string of the molecule is CCCS[P@@](=S)(OCC)OCc1cc(OCC)nc(SC)n1. The van der Waals surface area contributed by atoms with Crippen molar-refractivity contribution < 1.29 is 13.8 Å². The van der Waals surface area contributed by atoms with Crippen LogP contribution < -0.4 is 4.74 Å². The van der Waals surface area contributed by atoms with E-state index in [0.29, 0.717) is 30.9 Å². The Hall–Kier alpha value is 0.150. The molecule has 0 amide bonds. The monoisotopic (exact) mass is 382 g/mol. The van der Waals surface area contributed by atoms with Gasteiger partial charge in [-0.15, -0.1) is 0 Å². The van der Waals surface area contributed by atoms with Crippen molar-refractivity contribution in [2.75, 3.05) is 25.2 Å². The highest BCUT2D eigenvalue weighted by Gasteiger charge is 2.20. The molecule has 0 aliphatic heterocycles. The van der Waals surface area contributed by atoms with Gasteiger partial charge in [0.2, 0.25) is 11.6 Å². The lowest BCUT2D eigenvalue weighted by Crippen LogP contribution is -2.02. The number of thioether (sulfide) groups is 1. The van der Waals surface area contributed by atoms with Crippen LogP contribution in [0.2, 0.25) is 0 Å². The molecule has 0 unspecified atom stereocenters. The Morgan fingerprint density at radius 2 is 1.95 bits per heavy atom. The summed E-state index contributed by atoms with van der Waals surface area (Å²) in [4.78, 5) is 8.72. The summed E-state index contributed by atoms with van der Waals surface area (Å²) in [6.45, 7) is 7.40. The summed E-state index contributed by atoms with van der Waals surface area (Å²) in [5, 5.41) is 0.662. The van der Waals surface area contributed by atoms with E-state index in [4.69, 9.17) is 25.6 Å². The van der Waals surface area contributed by atoms with E-state index >= 15 is 0 Å². The van der Waals surface area contributed by atoms with Gasteiger partial charge in [-0.1, -0.05) is 30.1 Å². The molecule has 0 aliphatic rings. The zero-order chi connectivity index (χ0) is 16.4. The lowest BCUT2D eigenvalue weighted by atomic mass is 10.4. The molecule has 22 heavy (non-hydrogen) atoms. The molecule has 0 saturated heterocycles. The molecular formula is C13H23N2O3PS3. The predicted molar refractivity (Wildman–Crippen MR) is 98.4 cm³/mol. The second kappa shape index (κ2) is 10.8. The molecule has 1 aromatic heterocycles. The first-order valence-corrected chi connectivity index (χ1v) is 12.6. The molecular weight excluding hydrogens is 359 g/mol. The highest BCUT2D eigenvalue weighted by Crippen LogP contribution is 2.61. The summed E-state index contributed by atoms with van der Waals surface area (Å²) in [6, 6.07) is 1.79. The van der Waals surface area contributed by atoms with Gasteiger partial charge in [0.05, 0.1) is 25.5 Å². The van der Waals surface area contributed by atoms with Crippen molar-refractivity contribution in [2.45, 2.75) is 39.0 Å². The van der Waals surface area contributed by atoms with Gasteiger partial charge in [0, 0.05) is 11.8 Å². The van der Waals surface area contributed by atoms with E-state index in [-0.39, 0.29) is 0 Å². The second-order valence-electron chi connectivity index (χ2n) is 4.09. The third kappa shape index (κ3) is 7.15. The maximum absolute atomic E-state index is 5.90. The number of aromatic nitrogens is 2. The van der Waals surface area contributed by atoms with Gasteiger partial charge in [-0.3, -0.25) is 0 Å². The molecule has 0 N–H and O–H groups in total. The van der Waals surface area contributed by atoms with Crippen LogP contribution in [0.1, 0.15) is 32.9 Å². The Bertz CT molecular complexity index is 505. The molecule has 126 valence electrons. The third-order valence-corrected chi connectivity index (χ3v) is 8.51. The van der Waals surface area contributed by atoms with E-state index in [9.17, 15) is 0 Å². The summed E-state index contributed by atoms with van der Waals surface area (Å²) < 4.78 is 17.0. The summed E-state index contributed by atoms with van der Waals surface area (Å²) in [7, 11) is 0. The molecule has 5 nitrogen and oxygen atoms in total. The van der Waals surface area contributed by atoms with E-state index in [0.717, 1.165) is 17.9 Å². The standard InChI is InChI=1S/C13H23N2O3PS3/c1-5-8-22-19(20,17-7-3)18-10-11-9-12(16-6-2)15-13(14-11)21-4/h9H,5-8,10H2,1-4H3/t19-/m0/s1. The van der Waals surface area contributed by atoms with Crippen LogP contribution in [0.25, 0.3) is 0 Å². The Balaban J connectivity index is 2.79. The number of hydrogen-bond acceptors (Lipinski definition) is 8. The third-order valence-electron chi connectivity index (χ3n) is 2.32. The van der Waals surface area contributed by atoms with E-state index in [2.05, 4.69) is 16.9 Å². The van der Waals surface area contributed by atoms with E-state index in [1.807, 2.05) is 20.1 Å². The number of hydrogen-bond donors (Lipinski definition) is 0. The van der Waals surface area contributed by atoms with E-state index in [1.165, 1.54) is 11.8 Å². The molecule has 0 aliphatic carbocycles. The first-order valence-electron chi connectivity index (χ1n) is 7.15. The summed E-state index contributed by atoms with van der Waals surface area (Å²) in [5.74, 6) is 1.49. The van der Waals surface area contributed by atoms with Gasteiger partial charge in [-0.25, -0.2) is 4.98 Å². The largest absolute Gasteiger partial charge is 0.478 e. The average Bonchev–Trinajstić information content (AvgIpc) is 2.51. The van der Waals surface area contributed by atoms with Gasteiger partial charge in [0.25, 0.3) is 0 Å². The smallest absolute Gasteiger partial charge is 0.247 e. The van der Waals surface area contributed by atoms with Gasteiger partial charge >= 0.3 is 0 Å². The lowest BCUT2D eigenvalue weighted by Gasteiger charge is -2.20. The van der Waals surface area contributed by atoms with Crippen LogP contribution in [0.15, 0.2) is 11.2 Å². The van der Waals surface area contributed by atoms with Crippen molar-refractivity contribution in [3.8, 4) is 5.88 Å². The topological polar surface area (TPSA) is 53.5 Å². The molecule has 1 rings (SSSR count). The quantitative estimate of drug-likeness (QED) is 0.315. The van der Waals surface area contributed by atoms with Crippen molar-refractivity contribution in [3.05, 3.63) is 11.8 Å². The van der Waals surface area contributed by atoms with E-state index in [1.54, 1.807) is 17.4 Å². The van der Waals surface area contributed by atoms with Crippen LogP contribution in [0.5, 0.6) is 5.88 Å². The Morgan fingerprint density at radius 3 is 2.55 bits per heavy atom. The molecule has 0 saturated carbocycles. The van der Waals surface area contributed by atoms with Gasteiger partial charge < -0.3 is 13.8 Å². The fraction of sp³-hybridized carbons (Fsp3) is 0.692. The maximum atomic E-state index is 5.90. The van der Waals surface area contributed by atoms with Crippen LogP contribution in [0, 0.1) is 0 Å². The van der Waals surface area contributed by atoms with Crippen molar-refractivity contribution >= 4 is 40.6 Å². The van der Waals surface area contributed by atoms with Crippen molar-refractivity contribution in [1.82, 2.24) is 9.97 Å².